The summed E-state index contributed by atoms with van der Waals surface area (Å²) in [5.74, 6) is -4.55. The molecule has 0 fully saturated rings. The number of alkyl halides is 4. The lowest BCUT2D eigenvalue weighted by atomic mass is 10.2. The molecule has 11 heavy (non-hydrogen) atoms. The van der Waals surface area contributed by atoms with Crippen molar-refractivity contribution in [3.63, 3.8) is 0 Å². The second kappa shape index (κ2) is 2.94. The Balaban J connectivity index is 4.53. The fourth-order valence-corrected chi connectivity index (χ4v) is 0.379. The second-order valence-electron chi connectivity index (χ2n) is 2.02. The predicted molar refractivity (Wildman–Crippen MR) is 28.6 cm³/mol. The first-order chi connectivity index (χ1) is 4.75. The van der Waals surface area contributed by atoms with Gasteiger partial charge < -0.3 is 9.84 Å². The van der Waals surface area contributed by atoms with Gasteiger partial charge in [0.2, 0.25) is 0 Å². The summed E-state index contributed by atoms with van der Waals surface area (Å²) in [5, 5.41) is 8.24. The van der Waals surface area contributed by atoms with Crippen molar-refractivity contribution in [2.45, 2.75) is 25.1 Å². The summed E-state index contributed by atoms with van der Waals surface area (Å²) >= 11 is 0. The van der Waals surface area contributed by atoms with Crippen molar-refractivity contribution in [1.29, 1.82) is 0 Å². The highest BCUT2D eigenvalue weighted by Crippen LogP contribution is 2.37. The van der Waals surface area contributed by atoms with Gasteiger partial charge in [0.1, 0.15) is 6.10 Å². The average Bonchev–Trinajstić information content (AvgIpc) is 1.87. The number of hydrogen-bond donors (Lipinski definition) is 1. The monoisotopic (exact) mass is 176 g/mol. The average molecular weight is 176 g/mol. The Morgan fingerprint density at radius 3 is 1.73 bits per heavy atom. The molecule has 0 aromatic heterocycles. The third-order valence-electron chi connectivity index (χ3n) is 1.17. The van der Waals surface area contributed by atoms with E-state index in [-0.39, 0.29) is 0 Å². The van der Waals surface area contributed by atoms with Crippen LogP contribution in [0, 0.1) is 0 Å². The predicted octanol–water partition coefficient (Wildman–Crippen LogP) is 1.24. The van der Waals surface area contributed by atoms with Gasteiger partial charge in [-0.3, -0.25) is 0 Å². The van der Waals surface area contributed by atoms with E-state index in [1.54, 1.807) is 0 Å². The zero-order valence-electron chi connectivity index (χ0n) is 5.94. The Morgan fingerprint density at radius 2 is 1.64 bits per heavy atom. The van der Waals surface area contributed by atoms with Crippen molar-refractivity contribution in [2.24, 2.45) is 0 Å². The normalized spacial score (nSPS) is 16.6. The molecule has 0 aliphatic carbocycles. The highest BCUT2D eigenvalue weighted by molar-refractivity contribution is 4.81. The van der Waals surface area contributed by atoms with E-state index in [4.69, 9.17) is 5.11 Å². The SMILES string of the molecule is COC(F)(F)C(F)(F)C(C)O. The fourth-order valence-electron chi connectivity index (χ4n) is 0.379. The molecule has 0 radical (unpaired) electrons. The molecule has 0 spiro atoms. The molecular weight excluding hydrogens is 168 g/mol. The molecule has 1 N–H and O–H groups in total. The molecule has 68 valence electrons. The Kier molecular flexibility index (Phi) is 2.85. The first-order valence-corrected chi connectivity index (χ1v) is 2.74. The van der Waals surface area contributed by atoms with Crippen molar-refractivity contribution in [1.82, 2.24) is 0 Å². The third kappa shape index (κ3) is 1.81. The fraction of sp³-hybridized carbons (Fsp3) is 1.00. The van der Waals surface area contributed by atoms with Crippen molar-refractivity contribution in [2.75, 3.05) is 7.11 Å². The van der Waals surface area contributed by atoms with Gasteiger partial charge in [-0.2, -0.15) is 17.6 Å². The second-order valence-corrected chi connectivity index (χ2v) is 2.02. The molecule has 0 saturated heterocycles. The van der Waals surface area contributed by atoms with Crippen LogP contribution in [-0.2, 0) is 4.74 Å². The maximum atomic E-state index is 12.2. The quantitative estimate of drug-likeness (QED) is 0.655. The Morgan fingerprint density at radius 1 is 1.27 bits per heavy atom. The molecule has 0 heterocycles. The number of aliphatic hydroxyl groups is 1. The number of rotatable bonds is 3. The summed E-state index contributed by atoms with van der Waals surface area (Å²) in [4.78, 5) is 0. The molecule has 0 amide bonds. The van der Waals surface area contributed by atoms with Gasteiger partial charge in [-0.05, 0) is 6.92 Å². The Hall–Kier alpha value is -0.360. The van der Waals surface area contributed by atoms with Crippen LogP contribution in [0.1, 0.15) is 6.92 Å². The third-order valence-corrected chi connectivity index (χ3v) is 1.17. The van der Waals surface area contributed by atoms with E-state index in [1.807, 2.05) is 0 Å². The van der Waals surface area contributed by atoms with Crippen LogP contribution in [0.4, 0.5) is 17.6 Å². The molecule has 6 heteroatoms. The van der Waals surface area contributed by atoms with Crippen molar-refractivity contribution < 1.29 is 27.4 Å². The van der Waals surface area contributed by atoms with Gasteiger partial charge >= 0.3 is 12.0 Å². The minimum Gasteiger partial charge on any atom is -0.387 e. The maximum absolute atomic E-state index is 12.2. The minimum absolute atomic E-state index is 0.441. The summed E-state index contributed by atoms with van der Waals surface area (Å²) in [6, 6.07) is 0. The molecule has 2 nitrogen and oxygen atoms in total. The number of halogens is 4. The molecule has 0 aromatic carbocycles. The van der Waals surface area contributed by atoms with Crippen LogP contribution < -0.4 is 0 Å². The van der Waals surface area contributed by atoms with Crippen molar-refractivity contribution >= 4 is 0 Å². The van der Waals surface area contributed by atoms with E-state index in [1.165, 1.54) is 0 Å². The van der Waals surface area contributed by atoms with Gasteiger partial charge in [-0.15, -0.1) is 0 Å². The van der Waals surface area contributed by atoms with Gasteiger partial charge in [0.15, 0.2) is 0 Å². The topological polar surface area (TPSA) is 29.5 Å². The minimum atomic E-state index is -4.62. The lowest BCUT2D eigenvalue weighted by Gasteiger charge is -2.26. The van der Waals surface area contributed by atoms with Crippen molar-refractivity contribution in [3.8, 4) is 0 Å². The van der Waals surface area contributed by atoms with Crippen LogP contribution in [0.15, 0.2) is 0 Å². The Labute approximate surface area is 60.8 Å². The smallest absolute Gasteiger partial charge is 0.387 e. The highest BCUT2D eigenvalue weighted by Gasteiger charge is 2.60. The molecule has 0 rings (SSSR count). The molecular formula is C5H8F4O2. The number of methoxy groups -OCH3 is 1. The van der Waals surface area contributed by atoms with Crippen LogP contribution in [0.25, 0.3) is 0 Å². The molecule has 1 unspecified atom stereocenters. The maximum Gasteiger partial charge on any atom is 0.421 e. The zero-order valence-corrected chi connectivity index (χ0v) is 5.94. The van der Waals surface area contributed by atoms with Crippen LogP contribution in [-0.4, -0.2) is 30.4 Å². The lowest BCUT2D eigenvalue weighted by molar-refractivity contribution is -0.357. The number of hydrogen-bond acceptors (Lipinski definition) is 2. The molecule has 0 aromatic rings. The molecule has 1 atom stereocenters. The van der Waals surface area contributed by atoms with Gasteiger partial charge in [0.25, 0.3) is 0 Å². The van der Waals surface area contributed by atoms with E-state index < -0.39 is 18.1 Å². The summed E-state index contributed by atoms with van der Waals surface area (Å²) in [6.07, 6.45) is -7.07. The molecule has 0 aliphatic heterocycles. The summed E-state index contributed by atoms with van der Waals surface area (Å²) in [6.45, 7) is 0.562. The zero-order chi connectivity index (χ0) is 9.28. The molecule has 0 saturated carbocycles. The number of ether oxygens (including phenoxy) is 1. The largest absolute Gasteiger partial charge is 0.421 e. The van der Waals surface area contributed by atoms with Gasteiger partial charge in [0, 0.05) is 7.11 Å². The van der Waals surface area contributed by atoms with Crippen LogP contribution in [0.5, 0.6) is 0 Å². The van der Waals surface area contributed by atoms with Crippen LogP contribution in [0.3, 0.4) is 0 Å². The summed E-state index contributed by atoms with van der Waals surface area (Å²) < 4.78 is 51.7. The van der Waals surface area contributed by atoms with Gasteiger partial charge in [0.05, 0.1) is 0 Å². The first kappa shape index (κ1) is 10.6. The van der Waals surface area contributed by atoms with Crippen molar-refractivity contribution in [3.05, 3.63) is 0 Å². The van der Waals surface area contributed by atoms with Crippen LogP contribution >= 0.6 is 0 Å². The van der Waals surface area contributed by atoms with Gasteiger partial charge in [-0.1, -0.05) is 0 Å². The van der Waals surface area contributed by atoms with E-state index in [2.05, 4.69) is 4.74 Å². The van der Waals surface area contributed by atoms with E-state index in [0.29, 0.717) is 14.0 Å². The summed E-state index contributed by atoms with van der Waals surface area (Å²) in [7, 11) is 0.441. The van der Waals surface area contributed by atoms with Crippen LogP contribution in [0.2, 0.25) is 0 Å². The van der Waals surface area contributed by atoms with Gasteiger partial charge in [-0.25, -0.2) is 0 Å². The number of aliphatic hydroxyl groups excluding tert-OH is 1. The standard InChI is InChI=1S/C5H8F4O2/c1-3(10)4(6,7)5(8,9)11-2/h3,10H,1-2H3. The summed E-state index contributed by atoms with van der Waals surface area (Å²) in [5.41, 5.74) is 0. The lowest BCUT2D eigenvalue weighted by Crippen LogP contribution is -2.49. The van der Waals surface area contributed by atoms with E-state index in [0.717, 1.165) is 0 Å². The highest BCUT2D eigenvalue weighted by atomic mass is 19.3. The Bertz CT molecular complexity index is 134. The van der Waals surface area contributed by atoms with E-state index in [9.17, 15) is 17.6 Å². The first-order valence-electron chi connectivity index (χ1n) is 2.74. The molecule has 0 bridgehead atoms. The van der Waals surface area contributed by atoms with E-state index >= 15 is 0 Å². The molecule has 0 aliphatic rings.